The smallest absolute Gasteiger partial charge is 0.254 e. The predicted octanol–water partition coefficient (Wildman–Crippen LogP) is 5.37. The molecule has 0 spiro atoms. The molecule has 0 bridgehead atoms. The van der Waals surface area contributed by atoms with E-state index < -0.39 is 0 Å². The first-order valence-electron chi connectivity index (χ1n) is 9.11. The summed E-state index contributed by atoms with van der Waals surface area (Å²) in [6, 6.07) is 20.8. The van der Waals surface area contributed by atoms with Crippen LogP contribution in [0.4, 0.5) is 0 Å². The van der Waals surface area contributed by atoms with E-state index in [1.165, 1.54) is 0 Å². The number of nitrogens with zero attached hydrogens (tertiary/aromatic N) is 3. The highest BCUT2D eigenvalue weighted by atomic mass is 35.5. The van der Waals surface area contributed by atoms with Crippen LogP contribution in [0.5, 0.6) is 0 Å². The number of halogens is 1. The van der Waals surface area contributed by atoms with Crippen LogP contribution in [0.1, 0.15) is 16.2 Å². The van der Waals surface area contributed by atoms with Crippen LogP contribution in [-0.2, 0) is 6.54 Å². The summed E-state index contributed by atoms with van der Waals surface area (Å²) >= 11 is 5.92. The molecule has 0 atom stereocenters. The monoisotopic (exact) mass is 403 g/mol. The molecule has 4 rings (SSSR count). The van der Waals surface area contributed by atoms with Crippen molar-refractivity contribution in [1.29, 1.82) is 0 Å². The summed E-state index contributed by atoms with van der Waals surface area (Å²) in [5.74, 6) is 0.682. The molecule has 4 aromatic rings. The molecule has 0 radical (unpaired) electrons. The van der Waals surface area contributed by atoms with Crippen LogP contribution in [0.2, 0.25) is 5.02 Å². The highest BCUT2D eigenvalue weighted by Crippen LogP contribution is 2.20. The van der Waals surface area contributed by atoms with Crippen molar-refractivity contribution in [2.24, 2.45) is 0 Å². The van der Waals surface area contributed by atoms with Crippen molar-refractivity contribution in [1.82, 2.24) is 15.0 Å². The van der Waals surface area contributed by atoms with Gasteiger partial charge in [-0.15, -0.1) is 6.58 Å². The molecule has 1 amide bonds. The third kappa shape index (κ3) is 4.20. The van der Waals surface area contributed by atoms with E-state index in [1.54, 1.807) is 23.1 Å². The Bertz CT molecular complexity index is 1170. The lowest BCUT2D eigenvalue weighted by molar-refractivity contribution is 0.0745. The first-order valence-corrected chi connectivity index (χ1v) is 9.49. The maximum absolute atomic E-state index is 13.1. The molecule has 0 aliphatic heterocycles. The van der Waals surface area contributed by atoms with E-state index in [9.17, 15) is 4.79 Å². The van der Waals surface area contributed by atoms with Crippen LogP contribution in [-0.4, -0.2) is 27.5 Å². The highest BCUT2D eigenvalue weighted by molar-refractivity contribution is 6.30. The molecule has 1 heterocycles. The van der Waals surface area contributed by atoms with Crippen LogP contribution < -0.4 is 0 Å². The molecule has 0 unspecified atom stereocenters. The first kappa shape index (κ1) is 18.9. The Hall–Kier alpha value is -3.44. The normalized spacial score (nSPS) is 10.8. The Morgan fingerprint density at radius 3 is 2.59 bits per heavy atom. The van der Waals surface area contributed by atoms with Gasteiger partial charge >= 0.3 is 0 Å². The standard InChI is InChI=1S/C23H18ClN3O2/c1-2-13-27(23(28)19-8-7-16-5-3-4-6-18(16)14-19)15-21-25-22(26-29-21)17-9-11-20(24)12-10-17/h2-12,14H,1,13,15H2. The second-order valence-corrected chi connectivity index (χ2v) is 6.99. The van der Waals surface area contributed by atoms with Gasteiger partial charge in [-0.1, -0.05) is 53.2 Å². The highest BCUT2D eigenvalue weighted by Gasteiger charge is 2.19. The molecule has 6 heteroatoms. The second-order valence-electron chi connectivity index (χ2n) is 6.55. The molecule has 3 aromatic carbocycles. The number of carbonyl (C=O) groups excluding carboxylic acids is 1. The van der Waals surface area contributed by atoms with Gasteiger partial charge in [0.05, 0.1) is 0 Å². The lowest BCUT2D eigenvalue weighted by atomic mass is 10.1. The maximum Gasteiger partial charge on any atom is 0.254 e. The van der Waals surface area contributed by atoms with Gasteiger partial charge in [-0.2, -0.15) is 4.98 Å². The van der Waals surface area contributed by atoms with Crippen molar-refractivity contribution in [3.63, 3.8) is 0 Å². The maximum atomic E-state index is 13.1. The van der Waals surface area contributed by atoms with Crippen molar-refractivity contribution in [3.05, 3.63) is 95.9 Å². The molecule has 144 valence electrons. The van der Waals surface area contributed by atoms with Crippen LogP contribution >= 0.6 is 11.6 Å². The number of aromatic nitrogens is 2. The molecule has 0 aliphatic rings. The van der Waals surface area contributed by atoms with Gasteiger partial charge in [-0.05, 0) is 47.2 Å². The lowest BCUT2D eigenvalue weighted by Crippen LogP contribution is -2.30. The first-order chi connectivity index (χ1) is 14.1. The third-order valence-electron chi connectivity index (χ3n) is 4.53. The summed E-state index contributed by atoms with van der Waals surface area (Å²) in [5, 5.41) is 6.74. The molecule has 0 aliphatic carbocycles. The fourth-order valence-electron chi connectivity index (χ4n) is 3.08. The van der Waals surface area contributed by atoms with Gasteiger partial charge < -0.3 is 9.42 Å². The van der Waals surface area contributed by atoms with Crippen LogP contribution in [0, 0.1) is 0 Å². The number of benzene rings is 3. The van der Waals surface area contributed by atoms with Crippen molar-refractivity contribution in [3.8, 4) is 11.4 Å². The number of hydrogen-bond donors (Lipinski definition) is 0. The summed E-state index contributed by atoms with van der Waals surface area (Å²) in [6.45, 7) is 4.31. The van der Waals surface area contributed by atoms with Crippen molar-refractivity contribution in [2.75, 3.05) is 6.54 Å². The Balaban J connectivity index is 1.56. The molecule has 5 nitrogen and oxygen atoms in total. The van der Waals surface area contributed by atoms with Crippen LogP contribution in [0.25, 0.3) is 22.2 Å². The van der Waals surface area contributed by atoms with E-state index in [4.69, 9.17) is 16.1 Å². The largest absolute Gasteiger partial charge is 0.337 e. The fraction of sp³-hybridized carbons (Fsp3) is 0.0870. The predicted molar refractivity (Wildman–Crippen MR) is 114 cm³/mol. The fourth-order valence-corrected chi connectivity index (χ4v) is 3.20. The number of fused-ring (bicyclic) bond motifs is 1. The SMILES string of the molecule is C=CCN(Cc1nc(-c2ccc(Cl)cc2)no1)C(=O)c1ccc2ccccc2c1. The van der Waals surface area contributed by atoms with Gasteiger partial charge in [0.25, 0.3) is 5.91 Å². The van der Waals surface area contributed by atoms with Gasteiger partial charge in [0.2, 0.25) is 11.7 Å². The van der Waals surface area contributed by atoms with Gasteiger partial charge in [-0.25, -0.2) is 0 Å². The minimum absolute atomic E-state index is 0.123. The van der Waals surface area contributed by atoms with E-state index in [0.29, 0.717) is 28.8 Å². The number of hydrogen-bond acceptors (Lipinski definition) is 4. The van der Waals surface area contributed by atoms with E-state index in [0.717, 1.165) is 16.3 Å². The zero-order chi connectivity index (χ0) is 20.2. The summed E-state index contributed by atoms with van der Waals surface area (Å²) < 4.78 is 5.36. The molecule has 0 N–H and O–H groups in total. The average molecular weight is 404 g/mol. The van der Waals surface area contributed by atoms with Crippen molar-refractivity contribution < 1.29 is 9.32 Å². The number of carbonyl (C=O) groups is 1. The van der Waals surface area contributed by atoms with Crippen LogP contribution in [0.15, 0.2) is 83.9 Å². The zero-order valence-corrected chi connectivity index (χ0v) is 16.3. The minimum Gasteiger partial charge on any atom is -0.337 e. The summed E-state index contributed by atoms with van der Waals surface area (Å²) in [4.78, 5) is 19.1. The Labute approximate surface area is 173 Å². The van der Waals surface area contributed by atoms with Crippen LogP contribution in [0.3, 0.4) is 0 Å². The van der Waals surface area contributed by atoms with Gasteiger partial charge in [-0.3, -0.25) is 4.79 Å². The summed E-state index contributed by atoms with van der Waals surface area (Å²) in [6.07, 6.45) is 1.68. The zero-order valence-electron chi connectivity index (χ0n) is 15.6. The second kappa shape index (κ2) is 8.29. The average Bonchev–Trinajstić information content (AvgIpc) is 3.21. The topological polar surface area (TPSA) is 59.2 Å². The van der Waals surface area contributed by atoms with E-state index in [2.05, 4.69) is 16.7 Å². The molecule has 1 aromatic heterocycles. The minimum atomic E-state index is -0.123. The molecular weight excluding hydrogens is 386 g/mol. The Morgan fingerprint density at radius 1 is 1.07 bits per heavy atom. The van der Waals surface area contributed by atoms with Gasteiger partial charge in [0, 0.05) is 22.7 Å². The molecule has 0 fully saturated rings. The summed E-state index contributed by atoms with van der Waals surface area (Å²) in [7, 11) is 0. The Kier molecular flexibility index (Phi) is 5.40. The molecular formula is C23H18ClN3O2. The quantitative estimate of drug-likeness (QED) is 0.406. The van der Waals surface area contributed by atoms with Crippen molar-refractivity contribution >= 4 is 28.3 Å². The summed E-state index contributed by atoms with van der Waals surface area (Å²) in [5.41, 5.74) is 1.39. The van der Waals surface area contributed by atoms with Gasteiger partial charge in [0.1, 0.15) is 6.54 Å². The molecule has 29 heavy (non-hydrogen) atoms. The van der Waals surface area contributed by atoms with E-state index in [-0.39, 0.29) is 12.5 Å². The number of amides is 1. The van der Waals surface area contributed by atoms with Gasteiger partial charge in [0.15, 0.2) is 0 Å². The molecule has 0 saturated heterocycles. The van der Waals surface area contributed by atoms with E-state index in [1.807, 2.05) is 54.6 Å². The third-order valence-corrected chi connectivity index (χ3v) is 4.78. The van der Waals surface area contributed by atoms with Crippen molar-refractivity contribution in [2.45, 2.75) is 6.54 Å². The lowest BCUT2D eigenvalue weighted by Gasteiger charge is -2.19. The number of rotatable bonds is 6. The van der Waals surface area contributed by atoms with E-state index >= 15 is 0 Å². The Morgan fingerprint density at radius 2 is 1.83 bits per heavy atom. The molecule has 0 saturated carbocycles.